The molecule has 0 unspecified atom stereocenters. The minimum absolute atomic E-state index is 0.0295. The van der Waals surface area contributed by atoms with Crippen LogP contribution in [0.1, 0.15) is 25.7 Å². The monoisotopic (exact) mass is 428 g/mol. The summed E-state index contributed by atoms with van der Waals surface area (Å²) in [5.41, 5.74) is 0. The molecule has 0 bridgehead atoms. The Hall–Kier alpha value is -1.97. The highest BCUT2D eigenvalue weighted by Gasteiger charge is 2.30. The number of benzene rings is 1. The van der Waals surface area contributed by atoms with Crippen molar-refractivity contribution in [1.29, 1.82) is 0 Å². The van der Waals surface area contributed by atoms with Crippen LogP contribution in [0.2, 0.25) is 5.02 Å². The Morgan fingerprint density at radius 3 is 2.71 bits per heavy atom. The molecule has 0 spiro atoms. The number of anilines is 1. The van der Waals surface area contributed by atoms with E-state index in [0.717, 1.165) is 37.8 Å². The van der Waals surface area contributed by atoms with Gasteiger partial charge in [-0.3, -0.25) is 4.72 Å². The van der Waals surface area contributed by atoms with Crippen LogP contribution in [0.5, 0.6) is 5.75 Å². The van der Waals surface area contributed by atoms with Gasteiger partial charge in [0.2, 0.25) is 0 Å². The van der Waals surface area contributed by atoms with Gasteiger partial charge in [0.1, 0.15) is 34.7 Å². The number of aromatic nitrogens is 2. The Morgan fingerprint density at radius 1 is 1.29 bits per heavy atom. The van der Waals surface area contributed by atoms with E-state index in [0.29, 0.717) is 0 Å². The first-order chi connectivity index (χ1) is 13.3. The van der Waals surface area contributed by atoms with Gasteiger partial charge in [0, 0.05) is 18.3 Å². The minimum Gasteiger partial charge on any atom is -0.487 e. The summed E-state index contributed by atoms with van der Waals surface area (Å²) in [5, 5.41) is 0.0348. The number of rotatable bonds is 6. The van der Waals surface area contributed by atoms with Crippen molar-refractivity contribution in [3.63, 3.8) is 0 Å². The third kappa shape index (κ3) is 4.71. The molecule has 1 aromatic heterocycles. The van der Waals surface area contributed by atoms with Crippen molar-refractivity contribution in [3.8, 4) is 5.75 Å². The van der Waals surface area contributed by atoms with Gasteiger partial charge in [-0.1, -0.05) is 18.0 Å². The molecule has 0 saturated heterocycles. The quantitative estimate of drug-likeness (QED) is 0.759. The summed E-state index contributed by atoms with van der Waals surface area (Å²) in [6.45, 7) is 0. The fourth-order valence-corrected chi connectivity index (χ4v) is 4.69. The second kappa shape index (κ2) is 8.59. The van der Waals surface area contributed by atoms with Gasteiger partial charge in [-0.15, -0.1) is 0 Å². The van der Waals surface area contributed by atoms with E-state index >= 15 is 0 Å². The summed E-state index contributed by atoms with van der Waals surface area (Å²) in [6, 6.07) is 3.64. The van der Waals surface area contributed by atoms with Crippen molar-refractivity contribution in [1.82, 2.24) is 14.9 Å². The third-order valence-corrected chi connectivity index (χ3v) is 6.37. The SMILES string of the molecule is CN(C)[C@@H]1CCCC[C@H]1Oc1cc(F)c(S(=O)(=O)Nc2ccncn2)cc1Cl. The molecular weight excluding hydrogens is 407 g/mol. The molecule has 1 aliphatic rings. The molecule has 0 radical (unpaired) electrons. The average molecular weight is 429 g/mol. The van der Waals surface area contributed by atoms with Crippen molar-refractivity contribution in [2.75, 3.05) is 18.8 Å². The van der Waals surface area contributed by atoms with Crippen LogP contribution in [0.4, 0.5) is 10.2 Å². The van der Waals surface area contributed by atoms with E-state index in [2.05, 4.69) is 19.6 Å². The Kier molecular flexibility index (Phi) is 6.36. The highest BCUT2D eigenvalue weighted by Crippen LogP contribution is 2.34. The number of hydrogen-bond acceptors (Lipinski definition) is 6. The van der Waals surface area contributed by atoms with Gasteiger partial charge in [-0.2, -0.15) is 0 Å². The second-order valence-corrected chi connectivity index (χ2v) is 8.94. The molecule has 1 heterocycles. The number of sulfonamides is 1. The first-order valence-corrected chi connectivity index (χ1v) is 10.7. The lowest BCUT2D eigenvalue weighted by atomic mass is 9.91. The van der Waals surface area contributed by atoms with Crippen LogP contribution in [0.25, 0.3) is 0 Å². The van der Waals surface area contributed by atoms with Gasteiger partial charge >= 0.3 is 0 Å². The molecule has 0 aliphatic heterocycles. The predicted octanol–water partition coefficient (Wildman–Crippen LogP) is 3.32. The summed E-state index contributed by atoms with van der Waals surface area (Å²) in [7, 11) is -0.254. The summed E-state index contributed by atoms with van der Waals surface area (Å²) in [4.78, 5) is 8.99. The standard InChI is InChI=1S/C18H22ClFN4O3S/c1-24(2)14-5-3-4-6-15(14)27-16-10-13(20)17(9-12(16)19)28(25,26)23-18-7-8-21-11-22-18/h7-11,14-15H,3-6H2,1-2H3,(H,21,22,23)/t14-,15-/m1/s1. The lowest BCUT2D eigenvalue weighted by Gasteiger charge is -2.36. The Morgan fingerprint density at radius 2 is 2.04 bits per heavy atom. The van der Waals surface area contributed by atoms with Crippen LogP contribution in [0.15, 0.2) is 35.6 Å². The van der Waals surface area contributed by atoms with Gasteiger partial charge in [0.05, 0.1) is 5.02 Å². The third-order valence-electron chi connectivity index (χ3n) is 4.71. The van der Waals surface area contributed by atoms with Crippen LogP contribution in [-0.4, -0.2) is 49.5 Å². The van der Waals surface area contributed by atoms with E-state index in [1.807, 2.05) is 14.1 Å². The van der Waals surface area contributed by atoms with Crippen molar-refractivity contribution < 1.29 is 17.5 Å². The fourth-order valence-electron chi connectivity index (χ4n) is 3.32. The van der Waals surface area contributed by atoms with Crippen LogP contribution in [0.3, 0.4) is 0 Å². The van der Waals surface area contributed by atoms with Gasteiger partial charge in [0.15, 0.2) is 0 Å². The van der Waals surface area contributed by atoms with Crippen LogP contribution in [-0.2, 0) is 10.0 Å². The maximum Gasteiger partial charge on any atom is 0.266 e. The Bertz CT molecular complexity index is 928. The topological polar surface area (TPSA) is 84.4 Å². The van der Waals surface area contributed by atoms with E-state index in [1.165, 1.54) is 18.6 Å². The Balaban J connectivity index is 1.84. The normalized spacial score (nSPS) is 20.2. The second-order valence-electron chi connectivity index (χ2n) is 6.88. The molecule has 1 aliphatic carbocycles. The summed E-state index contributed by atoms with van der Waals surface area (Å²) in [5.74, 6) is -0.779. The van der Waals surface area contributed by atoms with E-state index < -0.39 is 20.7 Å². The molecule has 3 rings (SSSR count). The van der Waals surface area contributed by atoms with Crippen molar-refractivity contribution in [2.24, 2.45) is 0 Å². The number of nitrogens with zero attached hydrogens (tertiary/aromatic N) is 3. The summed E-state index contributed by atoms with van der Waals surface area (Å²) >= 11 is 6.23. The van der Waals surface area contributed by atoms with Crippen molar-refractivity contribution in [2.45, 2.75) is 42.7 Å². The molecule has 28 heavy (non-hydrogen) atoms. The zero-order chi connectivity index (χ0) is 20.3. The molecule has 7 nitrogen and oxygen atoms in total. The summed E-state index contributed by atoms with van der Waals surface area (Å²) in [6.07, 6.45) is 6.35. The highest BCUT2D eigenvalue weighted by atomic mass is 35.5. The molecule has 2 atom stereocenters. The average Bonchev–Trinajstić information content (AvgIpc) is 2.65. The Labute approximate surface area is 168 Å². The maximum atomic E-state index is 14.6. The van der Waals surface area contributed by atoms with Crippen LogP contribution in [0, 0.1) is 5.82 Å². The molecule has 152 valence electrons. The van der Waals surface area contributed by atoms with Gasteiger partial charge in [0.25, 0.3) is 10.0 Å². The maximum absolute atomic E-state index is 14.6. The molecule has 10 heteroatoms. The smallest absolute Gasteiger partial charge is 0.266 e. The number of halogens is 2. The van der Waals surface area contributed by atoms with E-state index in [-0.39, 0.29) is 28.7 Å². The molecule has 1 aromatic carbocycles. The largest absolute Gasteiger partial charge is 0.487 e. The van der Waals surface area contributed by atoms with Crippen LogP contribution < -0.4 is 9.46 Å². The zero-order valence-electron chi connectivity index (χ0n) is 15.6. The zero-order valence-corrected chi connectivity index (χ0v) is 17.2. The predicted molar refractivity (Wildman–Crippen MR) is 105 cm³/mol. The molecule has 0 amide bonds. The van der Waals surface area contributed by atoms with Gasteiger partial charge < -0.3 is 9.64 Å². The van der Waals surface area contributed by atoms with Crippen molar-refractivity contribution in [3.05, 3.63) is 41.6 Å². The number of likely N-dealkylation sites (N-methyl/N-ethyl adjacent to an activating group) is 1. The van der Waals surface area contributed by atoms with E-state index in [4.69, 9.17) is 16.3 Å². The summed E-state index contributed by atoms with van der Waals surface area (Å²) < 4.78 is 47.8. The number of hydrogen-bond donors (Lipinski definition) is 1. The van der Waals surface area contributed by atoms with E-state index in [9.17, 15) is 12.8 Å². The first-order valence-electron chi connectivity index (χ1n) is 8.89. The molecule has 1 saturated carbocycles. The number of ether oxygens (including phenoxy) is 1. The lowest BCUT2D eigenvalue weighted by molar-refractivity contribution is 0.0620. The molecule has 2 aromatic rings. The van der Waals surface area contributed by atoms with Gasteiger partial charge in [-0.25, -0.2) is 22.8 Å². The molecular formula is C18H22ClFN4O3S. The first kappa shape index (κ1) is 20.8. The molecule has 1 N–H and O–H groups in total. The number of nitrogens with one attached hydrogen (secondary N) is 1. The lowest BCUT2D eigenvalue weighted by Crippen LogP contribution is -2.44. The minimum atomic E-state index is -4.20. The van der Waals surface area contributed by atoms with Gasteiger partial charge in [-0.05, 0) is 45.5 Å². The van der Waals surface area contributed by atoms with Crippen LogP contribution >= 0.6 is 11.6 Å². The highest BCUT2D eigenvalue weighted by molar-refractivity contribution is 7.92. The van der Waals surface area contributed by atoms with Crippen molar-refractivity contribution >= 4 is 27.4 Å². The van der Waals surface area contributed by atoms with E-state index in [1.54, 1.807) is 0 Å². The fraction of sp³-hybridized carbons (Fsp3) is 0.444. The molecule has 1 fully saturated rings.